The molecule has 0 saturated carbocycles. The van der Waals surface area contributed by atoms with Crippen LogP contribution in [0.15, 0.2) is 48.8 Å². The Morgan fingerprint density at radius 1 is 1.17 bits per heavy atom. The summed E-state index contributed by atoms with van der Waals surface area (Å²) in [5.41, 5.74) is 7.90. The van der Waals surface area contributed by atoms with Gasteiger partial charge in [0.15, 0.2) is 5.65 Å². The average molecular weight is 576 g/mol. The Labute approximate surface area is 242 Å². The number of piperidine rings is 1. The van der Waals surface area contributed by atoms with E-state index in [2.05, 4.69) is 15.3 Å². The van der Waals surface area contributed by atoms with Gasteiger partial charge in [0.1, 0.15) is 35.0 Å². The van der Waals surface area contributed by atoms with Crippen LogP contribution in [-0.4, -0.2) is 62.4 Å². The van der Waals surface area contributed by atoms with Gasteiger partial charge in [-0.1, -0.05) is 12.1 Å². The molecule has 2 amide bonds. The molecule has 3 N–H and O–H groups in total. The molecule has 3 heterocycles. The number of methoxy groups -OCH3 is 1. The topological polar surface area (TPSA) is 137 Å². The van der Waals surface area contributed by atoms with E-state index in [4.69, 9.17) is 20.3 Å². The van der Waals surface area contributed by atoms with Crippen LogP contribution in [0.2, 0.25) is 0 Å². The van der Waals surface area contributed by atoms with Gasteiger partial charge in [-0.3, -0.25) is 4.79 Å². The summed E-state index contributed by atoms with van der Waals surface area (Å²) >= 11 is 0. The van der Waals surface area contributed by atoms with Crippen molar-refractivity contribution in [3.8, 4) is 17.0 Å². The maximum Gasteiger partial charge on any atom is 0.410 e. The number of amides is 2. The molecule has 11 nitrogen and oxygen atoms in total. The van der Waals surface area contributed by atoms with Crippen molar-refractivity contribution < 1.29 is 23.5 Å². The van der Waals surface area contributed by atoms with Crippen LogP contribution in [-0.2, 0) is 11.3 Å². The number of ether oxygens (including phenoxy) is 2. The van der Waals surface area contributed by atoms with Crippen LogP contribution in [0.25, 0.3) is 22.3 Å². The standard InChI is InChI=1S/C30H34FN7O4/c1-30(2,3)42-29(40)37-13-7-8-20(16-37)38-27-24(26(32)34-17-35-27)25(36-38)18-11-12-22(31)19(14-18)15-33-28(39)21-9-5-6-10-23(21)41-4/h5-6,9-12,14,17,20H,7-8,13,15-16H2,1-4H3,(H,33,39)(H2,32,34,35)/t20-/m1/s1. The normalized spacial score (nSPS) is 15.5. The van der Waals surface area contributed by atoms with Gasteiger partial charge in [0.25, 0.3) is 5.91 Å². The predicted molar refractivity (Wildman–Crippen MR) is 155 cm³/mol. The van der Waals surface area contributed by atoms with Crippen molar-refractivity contribution in [3.05, 3.63) is 65.7 Å². The number of likely N-dealkylation sites (tertiary alicyclic amines) is 1. The number of benzene rings is 2. The molecule has 1 aliphatic heterocycles. The lowest BCUT2D eigenvalue weighted by Crippen LogP contribution is -2.43. The van der Waals surface area contributed by atoms with Crippen LogP contribution in [0.1, 0.15) is 55.6 Å². The second-order valence-electron chi connectivity index (χ2n) is 11.2. The Balaban J connectivity index is 1.44. The van der Waals surface area contributed by atoms with E-state index in [1.165, 1.54) is 19.5 Å². The smallest absolute Gasteiger partial charge is 0.410 e. The number of fused-ring (bicyclic) bond motifs is 1. The fraction of sp³-hybridized carbons (Fsp3) is 0.367. The number of carbonyl (C=O) groups is 2. The Morgan fingerprint density at radius 2 is 1.95 bits per heavy atom. The fourth-order valence-electron chi connectivity index (χ4n) is 5.06. The first-order chi connectivity index (χ1) is 20.1. The summed E-state index contributed by atoms with van der Waals surface area (Å²) in [5, 5.41) is 8.17. The van der Waals surface area contributed by atoms with Crippen molar-refractivity contribution in [2.75, 3.05) is 25.9 Å². The van der Waals surface area contributed by atoms with Crippen molar-refractivity contribution in [1.29, 1.82) is 0 Å². The number of nitrogen functional groups attached to an aromatic ring is 1. The minimum Gasteiger partial charge on any atom is -0.496 e. The summed E-state index contributed by atoms with van der Waals surface area (Å²) in [6.45, 7) is 6.41. The molecule has 0 spiro atoms. The lowest BCUT2D eigenvalue weighted by Gasteiger charge is -2.34. The van der Waals surface area contributed by atoms with Crippen molar-refractivity contribution in [2.45, 2.75) is 51.8 Å². The summed E-state index contributed by atoms with van der Waals surface area (Å²) in [7, 11) is 1.48. The lowest BCUT2D eigenvalue weighted by molar-refractivity contribution is 0.0169. The van der Waals surface area contributed by atoms with Crippen molar-refractivity contribution in [3.63, 3.8) is 0 Å². The van der Waals surface area contributed by atoms with Crippen LogP contribution in [0.4, 0.5) is 15.0 Å². The van der Waals surface area contributed by atoms with E-state index >= 15 is 0 Å². The van der Waals surface area contributed by atoms with Crippen LogP contribution >= 0.6 is 0 Å². The van der Waals surface area contributed by atoms with Crippen LogP contribution in [0, 0.1) is 5.82 Å². The molecule has 2 aromatic heterocycles. The largest absolute Gasteiger partial charge is 0.496 e. The third-order valence-electron chi connectivity index (χ3n) is 7.02. The monoisotopic (exact) mass is 575 g/mol. The van der Waals surface area contributed by atoms with Gasteiger partial charge < -0.3 is 25.4 Å². The lowest BCUT2D eigenvalue weighted by atomic mass is 10.0. The number of hydrogen-bond acceptors (Lipinski definition) is 8. The highest BCUT2D eigenvalue weighted by molar-refractivity contribution is 5.98. The maximum atomic E-state index is 14.9. The van der Waals surface area contributed by atoms with Gasteiger partial charge in [0.2, 0.25) is 0 Å². The zero-order valence-electron chi connectivity index (χ0n) is 24.1. The summed E-state index contributed by atoms with van der Waals surface area (Å²) < 4.78 is 27.5. The number of rotatable bonds is 6. The molecule has 220 valence electrons. The van der Waals surface area contributed by atoms with Crippen LogP contribution in [0.3, 0.4) is 0 Å². The summed E-state index contributed by atoms with van der Waals surface area (Å²) in [6, 6.07) is 11.2. The minimum atomic E-state index is -0.607. The molecule has 0 aliphatic carbocycles. The van der Waals surface area contributed by atoms with E-state index in [0.29, 0.717) is 46.7 Å². The number of aromatic nitrogens is 4. The summed E-state index contributed by atoms with van der Waals surface area (Å²) in [6.07, 6.45) is 2.52. The van der Waals surface area contributed by atoms with Gasteiger partial charge in [0.05, 0.1) is 24.1 Å². The number of hydrogen-bond donors (Lipinski definition) is 2. The van der Waals surface area contributed by atoms with E-state index in [1.807, 2.05) is 20.8 Å². The van der Waals surface area contributed by atoms with Gasteiger partial charge in [-0.15, -0.1) is 0 Å². The zero-order valence-corrected chi connectivity index (χ0v) is 24.1. The molecular formula is C30H34FN7O4. The second-order valence-corrected chi connectivity index (χ2v) is 11.2. The molecule has 2 aromatic carbocycles. The predicted octanol–water partition coefficient (Wildman–Crippen LogP) is 4.73. The molecule has 5 rings (SSSR count). The average Bonchev–Trinajstić information content (AvgIpc) is 3.37. The maximum absolute atomic E-state index is 14.9. The van der Waals surface area contributed by atoms with Crippen molar-refractivity contribution in [2.24, 2.45) is 0 Å². The Hall–Kier alpha value is -4.74. The summed E-state index contributed by atoms with van der Waals surface area (Å²) in [4.78, 5) is 35.9. The summed E-state index contributed by atoms with van der Waals surface area (Å²) in [5.74, 6) is -0.218. The van der Waals surface area contributed by atoms with Gasteiger partial charge in [-0.25, -0.2) is 23.8 Å². The number of halogens is 1. The molecule has 1 atom stereocenters. The van der Waals surface area contributed by atoms with E-state index in [9.17, 15) is 14.0 Å². The molecule has 4 aromatic rings. The number of para-hydroxylation sites is 1. The van der Waals surface area contributed by atoms with E-state index in [1.54, 1.807) is 46.0 Å². The molecule has 1 fully saturated rings. The van der Waals surface area contributed by atoms with Crippen LogP contribution < -0.4 is 15.8 Å². The molecule has 0 radical (unpaired) electrons. The van der Waals surface area contributed by atoms with Crippen molar-refractivity contribution in [1.82, 2.24) is 30.0 Å². The number of anilines is 1. The van der Waals surface area contributed by atoms with Crippen molar-refractivity contribution >= 4 is 28.9 Å². The Bertz CT molecular complexity index is 1630. The van der Waals surface area contributed by atoms with Gasteiger partial charge in [-0.2, -0.15) is 5.10 Å². The van der Waals surface area contributed by atoms with E-state index < -0.39 is 17.3 Å². The Morgan fingerprint density at radius 3 is 2.71 bits per heavy atom. The number of nitrogens with two attached hydrogens (primary N) is 1. The molecular weight excluding hydrogens is 541 g/mol. The van der Waals surface area contributed by atoms with E-state index in [-0.39, 0.29) is 30.1 Å². The van der Waals surface area contributed by atoms with Crippen LogP contribution in [0.5, 0.6) is 5.75 Å². The first kappa shape index (κ1) is 28.8. The van der Waals surface area contributed by atoms with Gasteiger partial charge in [0, 0.05) is 30.8 Å². The third kappa shape index (κ3) is 5.97. The zero-order chi connectivity index (χ0) is 30.0. The molecule has 0 unspecified atom stereocenters. The SMILES string of the molecule is COc1ccccc1C(=O)NCc1cc(-c2nn([C@@H]3CCCN(C(=O)OC(C)(C)C)C3)c3ncnc(N)c23)ccc1F. The third-order valence-corrected chi connectivity index (χ3v) is 7.02. The number of carbonyl (C=O) groups excluding carboxylic acids is 2. The van der Waals surface area contributed by atoms with Gasteiger partial charge in [-0.05, 0) is 63.9 Å². The molecule has 42 heavy (non-hydrogen) atoms. The first-order valence-corrected chi connectivity index (χ1v) is 13.7. The minimum absolute atomic E-state index is 0.0609. The molecule has 1 aliphatic rings. The first-order valence-electron chi connectivity index (χ1n) is 13.7. The quantitative estimate of drug-likeness (QED) is 0.337. The number of nitrogens with one attached hydrogen (secondary N) is 1. The van der Waals surface area contributed by atoms with E-state index in [0.717, 1.165) is 12.8 Å². The van der Waals surface area contributed by atoms with Gasteiger partial charge >= 0.3 is 6.09 Å². The molecule has 1 saturated heterocycles. The highest BCUT2D eigenvalue weighted by Crippen LogP contribution is 2.34. The molecule has 12 heteroatoms. The highest BCUT2D eigenvalue weighted by Gasteiger charge is 2.31. The highest BCUT2D eigenvalue weighted by atomic mass is 19.1. The fourth-order valence-corrected chi connectivity index (χ4v) is 5.06. The Kier molecular flexibility index (Phi) is 7.97. The second kappa shape index (κ2) is 11.6. The molecule has 0 bridgehead atoms. The number of nitrogens with zero attached hydrogens (tertiary/aromatic N) is 5.